The first-order valence-corrected chi connectivity index (χ1v) is 6.97. The highest BCUT2D eigenvalue weighted by atomic mass is 14.7. The Morgan fingerprint density at radius 2 is 1.80 bits per heavy atom. The van der Waals surface area contributed by atoms with Gasteiger partial charge in [0.25, 0.3) is 0 Å². The number of hydrogen-bond donors (Lipinski definition) is 0. The predicted octanol–water partition coefficient (Wildman–Crippen LogP) is 5.38. The van der Waals surface area contributed by atoms with Crippen molar-refractivity contribution in [2.24, 2.45) is 4.99 Å². The molecule has 0 bridgehead atoms. The highest BCUT2D eigenvalue weighted by Gasteiger charge is 1.99. The molecule has 0 fully saturated rings. The SMILES string of the molecule is C=C(/C=C(/C)CN=CC(C)=C(C)C)c1ccccc1C. The molecule has 1 heteroatoms. The van der Waals surface area contributed by atoms with Crippen molar-refractivity contribution in [3.05, 3.63) is 64.8 Å². The molecular formula is C19H25N. The molecule has 0 N–H and O–H groups in total. The summed E-state index contributed by atoms with van der Waals surface area (Å²) in [5.41, 5.74) is 7.27. The van der Waals surface area contributed by atoms with E-state index in [1.165, 1.54) is 27.8 Å². The van der Waals surface area contributed by atoms with E-state index in [0.29, 0.717) is 0 Å². The molecule has 0 saturated carbocycles. The summed E-state index contributed by atoms with van der Waals surface area (Å²) in [6.07, 6.45) is 4.07. The van der Waals surface area contributed by atoms with Crippen LogP contribution in [-0.4, -0.2) is 12.8 Å². The normalized spacial score (nSPS) is 11.8. The quantitative estimate of drug-likeness (QED) is 0.501. The minimum Gasteiger partial charge on any atom is -0.289 e. The van der Waals surface area contributed by atoms with Gasteiger partial charge in [0, 0.05) is 6.21 Å². The fourth-order valence-corrected chi connectivity index (χ4v) is 1.81. The first-order chi connectivity index (χ1) is 9.41. The molecule has 0 aliphatic rings. The fourth-order valence-electron chi connectivity index (χ4n) is 1.81. The minimum atomic E-state index is 0.718. The van der Waals surface area contributed by atoms with Crippen molar-refractivity contribution in [1.29, 1.82) is 0 Å². The highest BCUT2D eigenvalue weighted by Crippen LogP contribution is 2.19. The molecule has 106 valence electrons. The van der Waals surface area contributed by atoms with Crippen molar-refractivity contribution >= 4 is 11.8 Å². The maximum absolute atomic E-state index is 4.47. The van der Waals surface area contributed by atoms with E-state index in [0.717, 1.165) is 12.1 Å². The minimum absolute atomic E-state index is 0.718. The summed E-state index contributed by atoms with van der Waals surface area (Å²) in [7, 11) is 0. The average molecular weight is 267 g/mol. The van der Waals surface area contributed by atoms with Crippen LogP contribution in [0.5, 0.6) is 0 Å². The zero-order valence-corrected chi connectivity index (χ0v) is 13.3. The van der Waals surface area contributed by atoms with Crippen LogP contribution in [0, 0.1) is 6.92 Å². The summed E-state index contributed by atoms with van der Waals surface area (Å²) < 4.78 is 0. The molecule has 1 rings (SSSR count). The van der Waals surface area contributed by atoms with Gasteiger partial charge in [0.15, 0.2) is 0 Å². The summed E-state index contributed by atoms with van der Waals surface area (Å²) in [6, 6.07) is 8.32. The van der Waals surface area contributed by atoms with Gasteiger partial charge < -0.3 is 0 Å². The van der Waals surface area contributed by atoms with E-state index < -0.39 is 0 Å². The van der Waals surface area contributed by atoms with E-state index in [1.807, 2.05) is 12.3 Å². The maximum Gasteiger partial charge on any atom is 0.0600 e. The molecule has 0 amide bonds. The molecule has 0 radical (unpaired) electrons. The molecule has 0 unspecified atom stereocenters. The Labute approximate surface area is 123 Å². The number of aryl methyl sites for hydroxylation is 1. The molecule has 0 spiro atoms. The smallest absolute Gasteiger partial charge is 0.0600 e. The second-order valence-electron chi connectivity index (χ2n) is 5.48. The van der Waals surface area contributed by atoms with Crippen LogP contribution in [0.2, 0.25) is 0 Å². The number of rotatable bonds is 5. The third-order valence-electron chi connectivity index (χ3n) is 3.33. The lowest BCUT2D eigenvalue weighted by Crippen LogP contribution is -1.90. The second kappa shape index (κ2) is 7.64. The van der Waals surface area contributed by atoms with Crippen LogP contribution < -0.4 is 0 Å². The van der Waals surface area contributed by atoms with E-state index in [4.69, 9.17) is 0 Å². The molecule has 20 heavy (non-hydrogen) atoms. The Kier molecular flexibility index (Phi) is 6.17. The Balaban J connectivity index is 2.73. The second-order valence-corrected chi connectivity index (χ2v) is 5.48. The molecule has 0 aromatic heterocycles. The van der Waals surface area contributed by atoms with Gasteiger partial charge in [-0.3, -0.25) is 4.99 Å². The van der Waals surface area contributed by atoms with Gasteiger partial charge in [-0.2, -0.15) is 0 Å². The van der Waals surface area contributed by atoms with Crippen LogP contribution in [0.25, 0.3) is 5.57 Å². The first kappa shape index (κ1) is 16.2. The highest BCUT2D eigenvalue weighted by molar-refractivity contribution is 5.79. The molecule has 0 saturated heterocycles. The van der Waals surface area contributed by atoms with Gasteiger partial charge in [0.2, 0.25) is 0 Å². The van der Waals surface area contributed by atoms with Crippen LogP contribution in [0.4, 0.5) is 0 Å². The molecule has 0 aliphatic carbocycles. The first-order valence-electron chi connectivity index (χ1n) is 6.97. The number of allylic oxidation sites excluding steroid dienone is 4. The Hall–Kier alpha value is -1.89. The fraction of sp³-hybridized carbons (Fsp3) is 0.316. The molecule has 1 nitrogen and oxygen atoms in total. The number of aliphatic imine (C=N–C) groups is 1. The van der Waals surface area contributed by atoms with Crippen molar-refractivity contribution in [1.82, 2.24) is 0 Å². The summed E-state index contributed by atoms with van der Waals surface area (Å²) in [5.74, 6) is 0. The topological polar surface area (TPSA) is 12.4 Å². The lowest BCUT2D eigenvalue weighted by atomic mass is 10.0. The summed E-state index contributed by atoms with van der Waals surface area (Å²) in [5, 5.41) is 0. The van der Waals surface area contributed by atoms with Crippen LogP contribution in [0.1, 0.15) is 38.8 Å². The molecule has 1 aromatic carbocycles. The predicted molar refractivity (Wildman–Crippen MR) is 91.4 cm³/mol. The molecular weight excluding hydrogens is 242 g/mol. The van der Waals surface area contributed by atoms with Crippen LogP contribution in [0.3, 0.4) is 0 Å². The van der Waals surface area contributed by atoms with E-state index in [-0.39, 0.29) is 0 Å². The van der Waals surface area contributed by atoms with E-state index >= 15 is 0 Å². The average Bonchev–Trinajstić information content (AvgIpc) is 2.38. The lowest BCUT2D eigenvalue weighted by Gasteiger charge is -2.06. The van der Waals surface area contributed by atoms with Crippen molar-refractivity contribution in [2.75, 3.05) is 6.54 Å². The van der Waals surface area contributed by atoms with Gasteiger partial charge in [0.1, 0.15) is 0 Å². The molecule has 0 atom stereocenters. The third kappa shape index (κ3) is 5.00. The van der Waals surface area contributed by atoms with Crippen molar-refractivity contribution in [3.8, 4) is 0 Å². The monoisotopic (exact) mass is 267 g/mol. The standard InChI is InChI=1S/C19H25N/c1-14(2)18(6)13-20-12-15(3)11-17(5)19-10-8-7-9-16(19)4/h7-11,13H,5,12H2,1-4,6H3/b15-11-,20-13?. The summed E-state index contributed by atoms with van der Waals surface area (Å²) in [6.45, 7) is 15.4. The summed E-state index contributed by atoms with van der Waals surface area (Å²) in [4.78, 5) is 4.47. The van der Waals surface area contributed by atoms with Crippen molar-refractivity contribution in [3.63, 3.8) is 0 Å². The zero-order valence-electron chi connectivity index (χ0n) is 13.3. The van der Waals surface area contributed by atoms with Crippen molar-refractivity contribution in [2.45, 2.75) is 34.6 Å². The Morgan fingerprint density at radius 1 is 1.15 bits per heavy atom. The lowest BCUT2D eigenvalue weighted by molar-refractivity contribution is 1.14. The van der Waals surface area contributed by atoms with Crippen LogP contribution in [0.15, 0.2) is 58.6 Å². The third-order valence-corrected chi connectivity index (χ3v) is 3.33. The van der Waals surface area contributed by atoms with Gasteiger partial charge in [-0.25, -0.2) is 0 Å². The molecule has 1 aromatic rings. The maximum atomic E-state index is 4.47. The number of benzene rings is 1. The largest absolute Gasteiger partial charge is 0.289 e. The Morgan fingerprint density at radius 3 is 2.40 bits per heavy atom. The number of hydrogen-bond acceptors (Lipinski definition) is 1. The van der Waals surface area contributed by atoms with E-state index in [1.54, 1.807) is 0 Å². The summed E-state index contributed by atoms with van der Waals surface area (Å²) >= 11 is 0. The van der Waals surface area contributed by atoms with Crippen LogP contribution >= 0.6 is 0 Å². The molecule has 0 heterocycles. The van der Waals surface area contributed by atoms with Gasteiger partial charge in [-0.15, -0.1) is 0 Å². The van der Waals surface area contributed by atoms with Gasteiger partial charge >= 0.3 is 0 Å². The van der Waals surface area contributed by atoms with E-state index in [9.17, 15) is 0 Å². The van der Waals surface area contributed by atoms with Gasteiger partial charge in [-0.05, 0) is 56.9 Å². The van der Waals surface area contributed by atoms with Gasteiger partial charge in [0.05, 0.1) is 6.54 Å². The number of nitrogens with zero attached hydrogens (tertiary/aromatic N) is 1. The van der Waals surface area contributed by atoms with Crippen LogP contribution in [-0.2, 0) is 0 Å². The Bertz CT molecular complexity index is 567. The van der Waals surface area contributed by atoms with Gasteiger partial charge in [-0.1, -0.05) is 48.1 Å². The van der Waals surface area contributed by atoms with Crippen molar-refractivity contribution < 1.29 is 0 Å². The molecule has 0 aliphatic heterocycles. The van der Waals surface area contributed by atoms with E-state index in [2.05, 4.69) is 70.5 Å². The zero-order chi connectivity index (χ0) is 15.1.